The lowest BCUT2D eigenvalue weighted by Crippen LogP contribution is -2.12. The Morgan fingerprint density at radius 1 is 1.44 bits per heavy atom. The zero-order chi connectivity index (χ0) is 13.0. The van der Waals surface area contributed by atoms with E-state index in [1.807, 2.05) is 32.0 Å². The SMILES string of the molecule is CCNc1ccc(C(=O)Nc2cnns2)c(C)c1. The monoisotopic (exact) mass is 262 g/mol. The summed E-state index contributed by atoms with van der Waals surface area (Å²) in [5.41, 5.74) is 2.61. The van der Waals surface area contributed by atoms with Crippen molar-refractivity contribution in [2.45, 2.75) is 13.8 Å². The summed E-state index contributed by atoms with van der Waals surface area (Å²) in [6, 6.07) is 5.68. The van der Waals surface area contributed by atoms with Crippen molar-refractivity contribution >= 4 is 28.1 Å². The Morgan fingerprint density at radius 3 is 2.89 bits per heavy atom. The lowest BCUT2D eigenvalue weighted by Gasteiger charge is -2.08. The molecule has 0 saturated heterocycles. The first-order valence-corrected chi connectivity index (χ1v) is 6.41. The predicted octanol–water partition coefficient (Wildman–Crippen LogP) is 2.53. The van der Waals surface area contributed by atoms with Crippen LogP contribution < -0.4 is 10.6 Å². The average molecular weight is 262 g/mol. The van der Waals surface area contributed by atoms with Gasteiger partial charge in [0.2, 0.25) is 0 Å². The molecule has 0 aliphatic heterocycles. The van der Waals surface area contributed by atoms with Crippen LogP contribution in [0.4, 0.5) is 10.7 Å². The zero-order valence-electron chi connectivity index (χ0n) is 10.2. The number of benzene rings is 1. The molecule has 18 heavy (non-hydrogen) atoms. The van der Waals surface area contributed by atoms with Gasteiger partial charge in [0.15, 0.2) is 0 Å². The summed E-state index contributed by atoms with van der Waals surface area (Å²) < 4.78 is 3.70. The Hall–Kier alpha value is -1.95. The fourth-order valence-electron chi connectivity index (χ4n) is 1.63. The Balaban J connectivity index is 2.15. The Morgan fingerprint density at radius 2 is 2.28 bits per heavy atom. The summed E-state index contributed by atoms with van der Waals surface area (Å²) in [5, 5.41) is 10.3. The molecule has 0 fully saturated rings. The quantitative estimate of drug-likeness (QED) is 0.888. The molecule has 0 aliphatic rings. The van der Waals surface area contributed by atoms with Gasteiger partial charge in [0.05, 0.1) is 6.20 Å². The standard InChI is InChI=1S/C12H14N4OS/c1-3-13-9-4-5-10(8(2)6-9)12(17)15-11-7-14-16-18-11/h4-7,13H,3H2,1-2H3,(H,15,17). The minimum atomic E-state index is -0.137. The summed E-state index contributed by atoms with van der Waals surface area (Å²) in [6.45, 7) is 4.81. The highest BCUT2D eigenvalue weighted by molar-refractivity contribution is 7.10. The first-order valence-electron chi connectivity index (χ1n) is 5.64. The van der Waals surface area contributed by atoms with Gasteiger partial charge in [-0.3, -0.25) is 4.79 Å². The van der Waals surface area contributed by atoms with Crippen molar-refractivity contribution in [3.63, 3.8) is 0 Å². The van der Waals surface area contributed by atoms with Crippen molar-refractivity contribution < 1.29 is 4.79 Å². The molecule has 0 atom stereocenters. The van der Waals surface area contributed by atoms with Crippen LogP contribution >= 0.6 is 11.5 Å². The molecule has 0 aliphatic carbocycles. The first kappa shape index (κ1) is 12.5. The van der Waals surface area contributed by atoms with E-state index in [0.717, 1.165) is 29.3 Å². The number of nitrogens with one attached hydrogen (secondary N) is 2. The second-order valence-electron chi connectivity index (χ2n) is 3.80. The topological polar surface area (TPSA) is 66.9 Å². The molecule has 0 radical (unpaired) electrons. The van der Waals surface area contributed by atoms with E-state index in [0.29, 0.717) is 10.6 Å². The predicted molar refractivity (Wildman–Crippen MR) is 73.2 cm³/mol. The summed E-state index contributed by atoms with van der Waals surface area (Å²) in [5.74, 6) is -0.137. The summed E-state index contributed by atoms with van der Waals surface area (Å²) >= 11 is 1.16. The maximum Gasteiger partial charge on any atom is 0.256 e. The van der Waals surface area contributed by atoms with Gasteiger partial charge in [-0.05, 0) is 37.6 Å². The smallest absolute Gasteiger partial charge is 0.256 e. The molecule has 6 heteroatoms. The van der Waals surface area contributed by atoms with E-state index in [9.17, 15) is 4.79 Å². The van der Waals surface area contributed by atoms with Crippen molar-refractivity contribution in [2.75, 3.05) is 17.2 Å². The van der Waals surface area contributed by atoms with E-state index in [2.05, 4.69) is 20.2 Å². The van der Waals surface area contributed by atoms with E-state index in [-0.39, 0.29) is 5.91 Å². The van der Waals surface area contributed by atoms with Crippen LogP contribution in [0.3, 0.4) is 0 Å². The van der Waals surface area contributed by atoms with Crippen LogP contribution in [-0.4, -0.2) is 22.0 Å². The lowest BCUT2D eigenvalue weighted by molar-refractivity contribution is 0.102. The van der Waals surface area contributed by atoms with Gasteiger partial charge in [-0.2, -0.15) is 0 Å². The minimum Gasteiger partial charge on any atom is -0.385 e. The number of hydrogen-bond donors (Lipinski definition) is 2. The van der Waals surface area contributed by atoms with Gasteiger partial charge in [-0.25, -0.2) is 0 Å². The average Bonchev–Trinajstić information content (AvgIpc) is 2.82. The highest BCUT2D eigenvalue weighted by Gasteiger charge is 2.10. The number of carbonyl (C=O) groups excluding carboxylic acids is 1. The van der Waals surface area contributed by atoms with Crippen LogP contribution in [0, 0.1) is 6.92 Å². The summed E-state index contributed by atoms with van der Waals surface area (Å²) in [4.78, 5) is 12.0. The second-order valence-corrected chi connectivity index (χ2v) is 4.58. The molecule has 1 aromatic carbocycles. The molecule has 0 unspecified atom stereocenters. The van der Waals surface area contributed by atoms with Crippen LogP contribution in [0.15, 0.2) is 24.4 Å². The molecule has 2 N–H and O–H groups in total. The third kappa shape index (κ3) is 2.84. The highest BCUT2D eigenvalue weighted by Crippen LogP contribution is 2.17. The fraction of sp³-hybridized carbons (Fsp3) is 0.250. The maximum absolute atomic E-state index is 12.0. The minimum absolute atomic E-state index is 0.137. The van der Waals surface area contributed by atoms with Gasteiger partial charge in [0.25, 0.3) is 5.91 Å². The van der Waals surface area contributed by atoms with Gasteiger partial charge in [0, 0.05) is 29.3 Å². The van der Waals surface area contributed by atoms with Crippen molar-refractivity contribution in [1.82, 2.24) is 9.59 Å². The molecule has 0 bridgehead atoms. The number of rotatable bonds is 4. The van der Waals surface area contributed by atoms with E-state index in [1.54, 1.807) is 0 Å². The molecule has 1 heterocycles. The summed E-state index contributed by atoms with van der Waals surface area (Å²) in [6.07, 6.45) is 1.53. The van der Waals surface area contributed by atoms with Crippen LogP contribution in [0.25, 0.3) is 0 Å². The van der Waals surface area contributed by atoms with E-state index in [1.165, 1.54) is 6.20 Å². The Labute approximate surface area is 109 Å². The van der Waals surface area contributed by atoms with Crippen molar-refractivity contribution in [3.05, 3.63) is 35.5 Å². The fourth-order valence-corrected chi connectivity index (χ4v) is 2.05. The molecular formula is C12H14N4OS. The molecule has 1 aromatic heterocycles. The largest absolute Gasteiger partial charge is 0.385 e. The molecule has 1 amide bonds. The van der Waals surface area contributed by atoms with Crippen LogP contribution in [0.5, 0.6) is 0 Å². The number of aromatic nitrogens is 2. The maximum atomic E-state index is 12.0. The van der Waals surface area contributed by atoms with Crippen LogP contribution in [0.2, 0.25) is 0 Å². The van der Waals surface area contributed by atoms with E-state index < -0.39 is 0 Å². The third-order valence-electron chi connectivity index (χ3n) is 2.45. The number of hydrogen-bond acceptors (Lipinski definition) is 5. The van der Waals surface area contributed by atoms with Crippen LogP contribution in [-0.2, 0) is 0 Å². The second kappa shape index (κ2) is 5.59. The molecule has 2 aromatic rings. The van der Waals surface area contributed by atoms with Crippen molar-refractivity contribution in [1.29, 1.82) is 0 Å². The molecular weight excluding hydrogens is 248 g/mol. The molecule has 5 nitrogen and oxygen atoms in total. The lowest BCUT2D eigenvalue weighted by atomic mass is 10.1. The third-order valence-corrected chi connectivity index (χ3v) is 3.03. The Kier molecular flexibility index (Phi) is 3.88. The number of anilines is 2. The van der Waals surface area contributed by atoms with E-state index >= 15 is 0 Å². The van der Waals surface area contributed by atoms with E-state index in [4.69, 9.17) is 0 Å². The zero-order valence-corrected chi connectivity index (χ0v) is 11.0. The summed E-state index contributed by atoms with van der Waals surface area (Å²) in [7, 11) is 0. The van der Waals surface area contributed by atoms with Gasteiger partial charge in [0.1, 0.15) is 5.00 Å². The molecule has 0 spiro atoms. The number of aryl methyl sites for hydroxylation is 1. The molecule has 0 saturated carbocycles. The van der Waals surface area contributed by atoms with Gasteiger partial charge >= 0.3 is 0 Å². The van der Waals surface area contributed by atoms with Crippen molar-refractivity contribution in [2.24, 2.45) is 0 Å². The highest BCUT2D eigenvalue weighted by atomic mass is 32.1. The van der Waals surface area contributed by atoms with Gasteiger partial charge < -0.3 is 10.6 Å². The number of nitrogens with zero attached hydrogens (tertiary/aromatic N) is 2. The first-order chi connectivity index (χ1) is 8.70. The van der Waals surface area contributed by atoms with Gasteiger partial charge in [-0.1, -0.05) is 4.49 Å². The number of amides is 1. The van der Waals surface area contributed by atoms with Crippen molar-refractivity contribution in [3.8, 4) is 0 Å². The van der Waals surface area contributed by atoms with Crippen LogP contribution in [0.1, 0.15) is 22.8 Å². The molecule has 2 rings (SSSR count). The van der Waals surface area contributed by atoms with Gasteiger partial charge in [-0.15, -0.1) is 5.10 Å². The molecule has 94 valence electrons. The Bertz CT molecular complexity index is 539. The normalized spacial score (nSPS) is 10.1. The number of carbonyl (C=O) groups is 1.